The molecule has 0 saturated heterocycles. The minimum atomic E-state index is -0.183. The molecule has 0 radical (unpaired) electrons. The van der Waals surface area contributed by atoms with Crippen LogP contribution in [0.1, 0.15) is 71.4 Å². The molecule has 2 aromatic rings. The number of rotatable bonds is 4. The molecule has 0 atom stereocenters. The Kier molecular flexibility index (Phi) is 5.19. The van der Waals surface area contributed by atoms with Crippen molar-refractivity contribution in [2.45, 2.75) is 65.9 Å². The van der Waals surface area contributed by atoms with E-state index in [4.69, 9.17) is 4.74 Å². The SMILES string of the molecule is CC(C)c1cccc(C(C)C)c1-c1cccc(OC(C)(C)C)c1. The topological polar surface area (TPSA) is 9.23 Å². The zero-order valence-corrected chi connectivity index (χ0v) is 15.6. The van der Waals surface area contributed by atoms with Crippen molar-refractivity contribution < 1.29 is 4.74 Å². The van der Waals surface area contributed by atoms with Crippen molar-refractivity contribution in [3.8, 4) is 16.9 Å². The van der Waals surface area contributed by atoms with Gasteiger partial charge in [0.1, 0.15) is 11.4 Å². The Morgan fingerprint density at radius 3 is 1.78 bits per heavy atom. The van der Waals surface area contributed by atoms with E-state index < -0.39 is 0 Å². The normalized spacial score (nSPS) is 12.0. The molecule has 2 aromatic carbocycles. The summed E-state index contributed by atoms with van der Waals surface area (Å²) in [6.45, 7) is 15.3. The van der Waals surface area contributed by atoms with Gasteiger partial charge < -0.3 is 4.74 Å². The van der Waals surface area contributed by atoms with E-state index in [2.05, 4.69) is 84.9 Å². The molecule has 0 aliphatic heterocycles. The molecule has 0 aliphatic rings. The molecule has 2 rings (SSSR count). The maximum Gasteiger partial charge on any atom is 0.120 e. The molecule has 1 heteroatoms. The van der Waals surface area contributed by atoms with E-state index in [0.29, 0.717) is 11.8 Å². The highest BCUT2D eigenvalue weighted by molar-refractivity contribution is 5.73. The largest absolute Gasteiger partial charge is 0.488 e. The molecule has 0 aliphatic carbocycles. The fourth-order valence-corrected chi connectivity index (χ4v) is 2.95. The molecule has 124 valence electrons. The molecular weight excluding hydrogens is 280 g/mol. The first-order chi connectivity index (χ1) is 10.7. The Morgan fingerprint density at radius 2 is 1.30 bits per heavy atom. The number of ether oxygens (including phenoxy) is 1. The van der Waals surface area contributed by atoms with Crippen LogP contribution in [0, 0.1) is 0 Å². The summed E-state index contributed by atoms with van der Waals surface area (Å²) in [4.78, 5) is 0. The lowest BCUT2D eigenvalue weighted by Crippen LogP contribution is -2.22. The molecule has 1 nitrogen and oxygen atoms in total. The van der Waals surface area contributed by atoms with Crippen LogP contribution in [0.2, 0.25) is 0 Å². The second-order valence-electron chi connectivity index (χ2n) is 7.86. The minimum Gasteiger partial charge on any atom is -0.488 e. The van der Waals surface area contributed by atoms with Gasteiger partial charge in [0.2, 0.25) is 0 Å². The Bertz CT molecular complexity index is 634. The van der Waals surface area contributed by atoms with Crippen LogP contribution in [0.15, 0.2) is 42.5 Å². The third-order valence-electron chi connectivity index (χ3n) is 3.92. The average Bonchev–Trinajstić information content (AvgIpc) is 2.44. The average molecular weight is 310 g/mol. The Morgan fingerprint density at radius 1 is 0.783 bits per heavy atom. The molecular formula is C22H30O. The van der Waals surface area contributed by atoms with Crippen LogP contribution >= 0.6 is 0 Å². The van der Waals surface area contributed by atoms with E-state index in [9.17, 15) is 0 Å². The summed E-state index contributed by atoms with van der Waals surface area (Å²) in [6.07, 6.45) is 0. The third kappa shape index (κ3) is 4.37. The van der Waals surface area contributed by atoms with Crippen molar-refractivity contribution in [1.29, 1.82) is 0 Å². The molecule has 0 heterocycles. The van der Waals surface area contributed by atoms with Gasteiger partial charge in [0.05, 0.1) is 0 Å². The lowest BCUT2D eigenvalue weighted by atomic mass is 9.85. The Balaban J connectivity index is 2.59. The van der Waals surface area contributed by atoms with Crippen LogP contribution in [0.4, 0.5) is 0 Å². The maximum absolute atomic E-state index is 6.06. The minimum absolute atomic E-state index is 0.183. The highest BCUT2D eigenvalue weighted by Crippen LogP contribution is 2.37. The lowest BCUT2D eigenvalue weighted by molar-refractivity contribution is 0.131. The molecule has 0 spiro atoms. The van der Waals surface area contributed by atoms with Crippen molar-refractivity contribution in [2.24, 2.45) is 0 Å². The van der Waals surface area contributed by atoms with Gasteiger partial charge in [0, 0.05) is 0 Å². The number of benzene rings is 2. The molecule has 0 amide bonds. The summed E-state index contributed by atoms with van der Waals surface area (Å²) in [7, 11) is 0. The smallest absolute Gasteiger partial charge is 0.120 e. The van der Waals surface area contributed by atoms with Crippen LogP contribution in [0.5, 0.6) is 5.75 Å². The van der Waals surface area contributed by atoms with Gasteiger partial charge in [0.15, 0.2) is 0 Å². The molecule has 0 unspecified atom stereocenters. The lowest BCUT2D eigenvalue weighted by Gasteiger charge is -2.23. The highest BCUT2D eigenvalue weighted by Gasteiger charge is 2.17. The van der Waals surface area contributed by atoms with E-state index in [-0.39, 0.29) is 5.60 Å². The molecule has 0 aromatic heterocycles. The number of hydrogen-bond donors (Lipinski definition) is 0. The van der Waals surface area contributed by atoms with Crippen molar-refractivity contribution in [3.05, 3.63) is 53.6 Å². The molecule has 0 fully saturated rings. The van der Waals surface area contributed by atoms with Crippen LogP contribution < -0.4 is 4.74 Å². The second kappa shape index (κ2) is 6.78. The fourth-order valence-electron chi connectivity index (χ4n) is 2.95. The summed E-state index contributed by atoms with van der Waals surface area (Å²) in [6, 6.07) is 15.2. The summed E-state index contributed by atoms with van der Waals surface area (Å²) >= 11 is 0. The van der Waals surface area contributed by atoms with Crippen LogP contribution in [0.25, 0.3) is 11.1 Å². The molecule has 0 saturated carbocycles. The summed E-state index contributed by atoms with van der Waals surface area (Å²) < 4.78 is 6.06. The van der Waals surface area contributed by atoms with E-state index in [1.54, 1.807) is 0 Å². The van der Waals surface area contributed by atoms with E-state index in [1.165, 1.54) is 22.3 Å². The highest BCUT2D eigenvalue weighted by atomic mass is 16.5. The molecule has 0 N–H and O–H groups in total. The summed E-state index contributed by atoms with van der Waals surface area (Å²) in [5.74, 6) is 1.93. The van der Waals surface area contributed by atoms with Gasteiger partial charge in [-0.15, -0.1) is 0 Å². The first-order valence-corrected chi connectivity index (χ1v) is 8.61. The second-order valence-corrected chi connectivity index (χ2v) is 7.86. The van der Waals surface area contributed by atoms with Crippen molar-refractivity contribution in [2.75, 3.05) is 0 Å². The maximum atomic E-state index is 6.06. The van der Waals surface area contributed by atoms with Crippen LogP contribution in [0.3, 0.4) is 0 Å². The standard InChI is InChI=1S/C22H30O/c1-15(2)19-12-9-13-20(16(3)4)21(19)17-10-8-11-18(14-17)23-22(5,6)7/h8-16H,1-7H3. The molecule has 0 bridgehead atoms. The summed E-state index contributed by atoms with van der Waals surface area (Å²) in [5, 5.41) is 0. The summed E-state index contributed by atoms with van der Waals surface area (Å²) in [5.41, 5.74) is 5.25. The number of hydrogen-bond acceptors (Lipinski definition) is 1. The van der Waals surface area contributed by atoms with Gasteiger partial charge in [-0.05, 0) is 67.0 Å². The monoisotopic (exact) mass is 310 g/mol. The fraction of sp³-hybridized carbons (Fsp3) is 0.455. The zero-order chi connectivity index (χ0) is 17.2. The predicted molar refractivity (Wildman–Crippen MR) is 100 cm³/mol. The van der Waals surface area contributed by atoms with Crippen molar-refractivity contribution >= 4 is 0 Å². The van der Waals surface area contributed by atoms with E-state index in [1.807, 2.05) is 6.07 Å². The first kappa shape index (κ1) is 17.6. The van der Waals surface area contributed by atoms with Crippen LogP contribution in [-0.4, -0.2) is 5.60 Å². The Labute approximate surface area is 141 Å². The van der Waals surface area contributed by atoms with E-state index >= 15 is 0 Å². The van der Waals surface area contributed by atoms with Crippen LogP contribution in [-0.2, 0) is 0 Å². The predicted octanol–water partition coefficient (Wildman–Crippen LogP) is 6.78. The quantitative estimate of drug-likeness (QED) is 0.605. The zero-order valence-electron chi connectivity index (χ0n) is 15.6. The molecule has 23 heavy (non-hydrogen) atoms. The van der Waals surface area contributed by atoms with Crippen molar-refractivity contribution in [3.63, 3.8) is 0 Å². The van der Waals surface area contributed by atoms with Gasteiger partial charge in [-0.2, -0.15) is 0 Å². The van der Waals surface area contributed by atoms with E-state index in [0.717, 1.165) is 5.75 Å². The van der Waals surface area contributed by atoms with Gasteiger partial charge in [-0.25, -0.2) is 0 Å². The van der Waals surface area contributed by atoms with Crippen molar-refractivity contribution in [1.82, 2.24) is 0 Å². The Hall–Kier alpha value is -1.76. The van der Waals surface area contributed by atoms with Gasteiger partial charge in [-0.3, -0.25) is 0 Å². The first-order valence-electron chi connectivity index (χ1n) is 8.61. The van der Waals surface area contributed by atoms with Gasteiger partial charge >= 0.3 is 0 Å². The van der Waals surface area contributed by atoms with Gasteiger partial charge in [-0.1, -0.05) is 58.0 Å². The van der Waals surface area contributed by atoms with Gasteiger partial charge in [0.25, 0.3) is 0 Å². The third-order valence-corrected chi connectivity index (χ3v) is 3.92.